The maximum absolute atomic E-state index is 12.9. The molecular weight excluding hydrogens is 352 g/mol. The van der Waals surface area contributed by atoms with Gasteiger partial charge in [0, 0.05) is 17.7 Å². The molecule has 2 amide bonds. The van der Waals surface area contributed by atoms with Crippen LogP contribution in [0.1, 0.15) is 22.8 Å². The van der Waals surface area contributed by atoms with Crippen molar-refractivity contribution in [2.24, 2.45) is 11.5 Å². The van der Waals surface area contributed by atoms with E-state index in [1.807, 2.05) is 0 Å². The van der Waals surface area contributed by atoms with Crippen LogP contribution in [0.3, 0.4) is 0 Å². The summed E-state index contributed by atoms with van der Waals surface area (Å²) in [6.07, 6.45) is 0. The summed E-state index contributed by atoms with van der Waals surface area (Å²) in [5.74, 6) is -2.01. The van der Waals surface area contributed by atoms with E-state index < -0.39 is 35.1 Å². The Bertz CT molecular complexity index is 896. The number of nitro benzene ring substituents is 1. The molecule has 0 aliphatic heterocycles. The van der Waals surface area contributed by atoms with Gasteiger partial charge in [0.25, 0.3) is 5.69 Å². The van der Waals surface area contributed by atoms with Crippen molar-refractivity contribution in [1.82, 2.24) is 0 Å². The first-order chi connectivity index (χ1) is 12.7. The minimum absolute atomic E-state index is 0.0237. The smallest absolute Gasteiger partial charge is 0.270 e. The fourth-order valence-electron chi connectivity index (χ4n) is 2.48. The molecule has 0 bridgehead atoms. The number of primary amides is 1. The average molecular weight is 370 g/mol. The van der Waals surface area contributed by atoms with Crippen molar-refractivity contribution in [1.29, 1.82) is 0 Å². The summed E-state index contributed by atoms with van der Waals surface area (Å²) in [6.45, 7) is 0.896. The van der Waals surface area contributed by atoms with Crippen LogP contribution in [-0.4, -0.2) is 35.1 Å². The lowest BCUT2D eigenvalue weighted by molar-refractivity contribution is -0.384. The zero-order valence-electron chi connectivity index (χ0n) is 14.5. The minimum atomic E-state index is -0.973. The third-order valence-corrected chi connectivity index (χ3v) is 3.73. The maximum atomic E-state index is 12.9. The van der Waals surface area contributed by atoms with Gasteiger partial charge in [0.2, 0.25) is 11.8 Å². The van der Waals surface area contributed by atoms with E-state index in [9.17, 15) is 24.5 Å². The van der Waals surface area contributed by atoms with E-state index >= 15 is 0 Å². The number of hydrogen-bond acceptors (Lipinski definition) is 6. The lowest BCUT2D eigenvalue weighted by atomic mass is 10.00. The Balaban J connectivity index is 2.66. The second-order valence-corrected chi connectivity index (χ2v) is 5.83. The Kier molecular flexibility index (Phi) is 5.99. The van der Waals surface area contributed by atoms with Gasteiger partial charge < -0.3 is 16.4 Å². The minimum Gasteiger partial charge on any atom is -0.368 e. The van der Waals surface area contributed by atoms with Crippen LogP contribution >= 0.6 is 0 Å². The molecule has 0 radical (unpaired) electrons. The number of rotatable bonds is 7. The lowest BCUT2D eigenvalue weighted by Gasteiger charge is -2.25. The monoisotopic (exact) mass is 370 g/mol. The number of carbonyl (C=O) groups excluding carboxylic acids is 3. The first kappa shape index (κ1) is 19.7. The molecule has 1 atom stereocenters. The second-order valence-electron chi connectivity index (χ2n) is 5.83. The third kappa shape index (κ3) is 4.53. The molecule has 2 aromatic rings. The van der Waals surface area contributed by atoms with Crippen LogP contribution in [0, 0.1) is 10.1 Å². The van der Waals surface area contributed by atoms with Crippen LogP contribution in [-0.2, 0) is 9.59 Å². The van der Waals surface area contributed by atoms with Crippen molar-refractivity contribution in [2.45, 2.75) is 13.0 Å². The van der Waals surface area contributed by atoms with Crippen LogP contribution in [0.5, 0.6) is 0 Å². The van der Waals surface area contributed by atoms with Gasteiger partial charge in [-0.15, -0.1) is 0 Å². The zero-order chi connectivity index (χ0) is 20.1. The molecule has 0 unspecified atom stereocenters. The number of non-ortho nitro benzene ring substituents is 1. The van der Waals surface area contributed by atoms with Gasteiger partial charge in [0.05, 0.1) is 22.2 Å². The number of carbonyl (C=O) groups is 3. The van der Waals surface area contributed by atoms with Gasteiger partial charge in [-0.3, -0.25) is 24.5 Å². The first-order valence-electron chi connectivity index (χ1n) is 7.95. The Morgan fingerprint density at radius 1 is 1.15 bits per heavy atom. The number of anilines is 1. The van der Waals surface area contributed by atoms with Crippen LogP contribution in [0.2, 0.25) is 0 Å². The van der Waals surface area contributed by atoms with Crippen molar-refractivity contribution < 1.29 is 19.3 Å². The highest BCUT2D eigenvalue weighted by Gasteiger charge is 2.27. The van der Waals surface area contributed by atoms with Crippen molar-refractivity contribution in [3.8, 4) is 0 Å². The molecule has 27 heavy (non-hydrogen) atoms. The largest absolute Gasteiger partial charge is 0.368 e. The SMILES string of the molecule is C[C@H](N)C(=O)N(CC(N)=O)c1ccc([N+](=O)[O-])cc1C(=O)c1ccccc1. The van der Waals surface area contributed by atoms with Gasteiger partial charge >= 0.3 is 0 Å². The second kappa shape index (κ2) is 8.19. The van der Waals surface area contributed by atoms with E-state index in [0.717, 1.165) is 17.0 Å². The van der Waals surface area contributed by atoms with Crippen molar-refractivity contribution in [3.63, 3.8) is 0 Å². The van der Waals surface area contributed by atoms with Gasteiger partial charge in [-0.25, -0.2) is 0 Å². The summed E-state index contributed by atoms with van der Waals surface area (Å²) in [7, 11) is 0. The fraction of sp³-hybridized carbons (Fsp3) is 0.167. The van der Waals surface area contributed by atoms with Gasteiger partial charge in [0.15, 0.2) is 5.78 Å². The molecular formula is C18H18N4O5. The summed E-state index contributed by atoms with van der Waals surface area (Å²) >= 11 is 0. The normalized spacial score (nSPS) is 11.5. The van der Waals surface area contributed by atoms with Gasteiger partial charge in [-0.1, -0.05) is 30.3 Å². The predicted molar refractivity (Wildman–Crippen MR) is 98.2 cm³/mol. The zero-order valence-corrected chi connectivity index (χ0v) is 14.5. The number of ketones is 1. The standard InChI is InChI=1S/C18H18N4O5/c1-11(19)18(25)21(10-16(20)23)15-8-7-13(22(26)27)9-14(15)17(24)12-5-3-2-4-6-12/h2-9,11H,10,19H2,1H3,(H2,20,23)/t11-/m0/s1. The first-order valence-corrected chi connectivity index (χ1v) is 7.95. The molecule has 0 fully saturated rings. The Labute approximate surface area is 154 Å². The molecule has 140 valence electrons. The van der Waals surface area contributed by atoms with Crippen molar-refractivity contribution >= 4 is 29.0 Å². The molecule has 0 spiro atoms. The molecule has 9 nitrogen and oxygen atoms in total. The highest BCUT2D eigenvalue weighted by molar-refractivity contribution is 6.15. The van der Waals surface area contributed by atoms with E-state index in [1.54, 1.807) is 18.2 Å². The number of nitrogens with two attached hydrogens (primary N) is 2. The van der Waals surface area contributed by atoms with Crippen molar-refractivity contribution in [2.75, 3.05) is 11.4 Å². The molecule has 0 saturated heterocycles. The number of nitrogens with zero attached hydrogens (tertiary/aromatic N) is 2. The third-order valence-electron chi connectivity index (χ3n) is 3.73. The van der Waals surface area contributed by atoms with E-state index in [4.69, 9.17) is 11.5 Å². The molecule has 2 rings (SSSR count). The topological polar surface area (TPSA) is 150 Å². The van der Waals surface area contributed by atoms with Crippen molar-refractivity contribution in [3.05, 3.63) is 69.8 Å². The van der Waals surface area contributed by atoms with Crippen LogP contribution in [0.4, 0.5) is 11.4 Å². The molecule has 0 saturated carbocycles. The van der Waals surface area contributed by atoms with Crippen LogP contribution < -0.4 is 16.4 Å². The molecule has 0 aromatic heterocycles. The summed E-state index contributed by atoms with van der Waals surface area (Å²) in [6, 6.07) is 10.5. The Morgan fingerprint density at radius 2 is 1.78 bits per heavy atom. The summed E-state index contributed by atoms with van der Waals surface area (Å²) in [4.78, 5) is 48.2. The van der Waals surface area contributed by atoms with E-state index in [1.165, 1.54) is 25.1 Å². The highest BCUT2D eigenvalue weighted by Crippen LogP contribution is 2.28. The maximum Gasteiger partial charge on any atom is 0.270 e. The fourth-order valence-corrected chi connectivity index (χ4v) is 2.48. The molecule has 4 N–H and O–H groups in total. The summed E-state index contributed by atoms with van der Waals surface area (Å²) in [5.41, 5.74) is 10.7. The van der Waals surface area contributed by atoms with Crippen LogP contribution in [0.15, 0.2) is 48.5 Å². The summed E-state index contributed by atoms with van der Waals surface area (Å²) in [5, 5.41) is 11.1. The molecule has 0 heterocycles. The average Bonchev–Trinajstić information content (AvgIpc) is 2.65. The lowest BCUT2D eigenvalue weighted by Crippen LogP contribution is -2.46. The predicted octanol–water partition coefficient (Wildman–Crippen LogP) is 0.991. The molecule has 9 heteroatoms. The molecule has 2 aromatic carbocycles. The van der Waals surface area contributed by atoms with Gasteiger partial charge in [-0.05, 0) is 13.0 Å². The number of amides is 2. The Hall–Kier alpha value is -3.59. The summed E-state index contributed by atoms with van der Waals surface area (Å²) < 4.78 is 0. The van der Waals surface area contributed by atoms with Gasteiger partial charge in [0.1, 0.15) is 6.54 Å². The van der Waals surface area contributed by atoms with Crippen LogP contribution in [0.25, 0.3) is 0 Å². The van der Waals surface area contributed by atoms with Gasteiger partial charge in [-0.2, -0.15) is 0 Å². The Morgan fingerprint density at radius 3 is 2.30 bits per heavy atom. The highest BCUT2D eigenvalue weighted by atomic mass is 16.6. The molecule has 0 aliphatic rings. The number of hydrogen-bond donors (Lipinski definition) is 2. The van der Waals surface area contributed by atoms with E-state index in [-0.39, 0.29) is 22.5 Å². The van der Waals surface area contributed by atoms with E-state index in [0.29, 0.717) is 0 Å². The number of benzene rings is 2. The molecule has 0 aliphatic carbocycles. The quantitative estimate of drug-likeness (QED) is 0.421. The number of nitro groups is 1. The van der Waals surface area contributed by atoms with E-state index in [2.05, 4.69) is 0 Å².